The van der Waals surface area contributed by atoms with Crippen LogP contribution in [0, 0.1) is 5.92 Å². The highest BCUT2D eigenvalue weighted by Crippen LogP contribution is 2.30. The molecule has 1 N–H and O–H groups in total. The molecule has 19 heavy (non-hydrogen) atoms. The van der Waals surface area contributed by atoms with Gasteiger partial charge < -0.3 is 14.4 Å². The van der Waals surface area contributed by atoms with Crippen molar-refractivity contribution < 1.29 is 19.2 Å². The molecule has 1 aromatic heterocycles. The van der Waals surface area contributed by atoms with Crippen molar-refractivity contribution in [2.45, 2.75) is 12.8 Å². The van der Waals surface area contributed by atoms with Gasteiger partial charge >= 0.3 is 5.97 Å². The van der Waals surface area contributed by atoms with Crippen LogP contribution in [-0.2, 0) is 0 Å². The van der Waals surface area contributed by atoms with Crippen molar-refractivity contribution in [3.63, 3.8) is 0 Å². The van der Waals surface area contributed by atoms with E-state index >= 15 is 0 Å². The van der Waals surface area contributed by atoms with E-state index in [9.17, 15) is 4.79 Å². The monoisotopic (exact) mass is 259 g/mol. The lowest BCUT2D eigenvalue weighted by Crippen LogP contribution is -1.98. The van der Waals surface area contributed by atoms with Gasteiger partial charge in [-0.2, -0.15) is 0 Å². The lowest BCUT2D eigenvalue weighted by Gasteiger charge is -2.05. The fraction of sp³-hybridized carbons (Fsp3) is 0.286. The first-order chi connectivity index (χ1) is 9.22. The summed E-state index contributed by atoms with van der Waals surface area (Å²) in [6, 6.07) is 8.79. The van der Waals surface area contributed by atoms with Gasteiger partial charge in [-0.25, -0.2) is 4.79 Å². The van der Waals surface area contributed by atoms with Gasteiger partial charge in [-0.3, -0.25) is 0 Å². The van der Waals surface area contributed by atoms with Gasteiger partial charge in [-0.15, -0.1) is 0 Å². The molecule has 0 spiro atoms. The van der Waals surface area contributed by atoms with Gasteiger partial charge in [0.1, 0.15) is 11.4 Å². The van der Waals surface area contributed by atoms with E-state index in [2.05, 4.69) is 5.16 Å². The molecule has 98 valence electrons. The number of nitrogens with zero attached hydrogens (tertiary/aromatic N) is 1. The molecule has 3 rings (SSSR count). The highest BCUT2D eigenvalue weighted by atomic mass is 16.5. The van der Waals surface area contributed by atoms with E-state index in [1.54, 1.807) is 0 Å². The number of carboxylic acid groups (broad SMARTS) is 1. The van der Waals surface area contributed by atoms with Crippen LogP contribution in [-0.4, -0.2) is 22.8 Å². The van der Waals surface area contributed by atoms with Gasteiger partial charge in [0.15, 0.2) is 0 Å². The summed E-state index contributed by atoms with van der Waals surface area (Å²) in [6.45, 7) is 0.770. The second kappa shape index (κ2) is 4.76. The van der Waals surface area contributed by atoms with Crippen molar-refractivity contribution in [2.75, 3.05) is 6.61 Å². The fourth-order valence-electron chi connectivity index (χ4n) is 1.73. The van der Waals surface area contributed by atoms with E-state index in [4.69, 9.17) is 14.4 Å². The summed E-state index contributed by atoms with van der Waals surface area (Å²) in [5.41, 5.74) is 1.31. The van der Waals surface area contributed by atoms with E-state index in [0.717, 1.165) is 17.9 Å². The summed E-state index contributed by atoms with van der Waals surface area (Å²) < 4.78 is 10.3. The van der Waals surface area contributed by atoms with Gasteiger partial charge in [0.25, 0.3) is 0 Å². The first kappa shape index (κ1) is 11.8. The molecular formula is C14H13NO4. The predicted molar refractivity (Wildman–Crippen MR) is 67.1 cm³/mol. The van der Waals surface area contributed by atoms with Crippen LogP contribution in [0.25, 0.3) is 11.3 Å². The molecule has 0 bridgehead atoms. The third kappa shape index (κ3) is 2.76. The van der Waals surface area contributed by atoms with Crippen molar-refractivity contribution in [1.29, 1.82) is 0 Å². The molecule has 0 radical (unpaired) electrons. The molecule has 1 aliphatic rings. The smallest absolute Gasteiger partial charge is 0.374 e. The maximum Gasteiger partial charge on any atom is 0.374 e. The van der Waals surface area contributed by atoms with E-state index in [1.807, 2.05) is 24.3 Å². The van der Waals surface area contributed by atoms with Crippen molar-refractivity contribution in [3.05, 3.63) is 36.1 Å². The molecule has 0 saturated heterocycles. The highest BCUT2D eigenvalue weighted by molar-refractivity contribution is 5.85. The van der Waals surface area contributed by atoms with Crippen LogP contribution in [0.15, 0.2) is 34.9 Å². The second-order valence-electron chi connectivity index (χ2n) is 4.66. The Morgan fingerprint density at radius 3 is 2.68 bits per heavy atom. The number of hydrogen-bond donors (Lipinski definition) is 1. The maximum absolute atomic E-state index is 10.7. The number of ether oxygens (including phenoxy) is 1. The minimum absolute atomic E-state index is 0.163. The summed E-state index contributed by atoms with van der Waals surface area (Å²) in [4.78, 5) is 10.7. The van der Waals surface area contributed by atoms with Crippen LogP contribution in [0.4, 0.5) is 0 Å². The molecule has 1 aliphatic carbocycles. The topological polar surface area (TPSA) is 72.6 Å². The average molecular weight is 259 g/mol. The molecule has 0 aliphatic heterocycles. The van der Waals surface area contributed by atoms with Crippen molar-refractivity contribution in [1.82, 2.24) is 5.16 Å². The minimum atomic E-state index is -1.12. The first-order valence-corrected chi connectivity index (χ1v) is 6.15. The SMILES string of the molecule is O=C(O)c1cc(-c2ccc(OCC3CC3)cc2)no1. The average Bonchev–Trinajstić information content (AvgIpc) is 3.11. The van der Waals surface area contributed by atoms with E-state index in [-0.39, 0.29) is 5.76 Å². The Hall–Kier alpha value is -2.30. The van der Waals surface area contributed by atoms with Crippen LogP contribution in [0.3, 0.4) is 0 Å². The maximum atomic E-state index is 10.7. The Labute approximate surface area is 109 Å². The molecule has 0 amide bonds. The lowest BCUT2D eigenvalue weighted by molar-refractivity contribution is 0.0652. The largest absolute Gasteiger partial charge is 0.493 e. The summed E-state index contributed by atoms with van der Waals surface area (Å²) in [6.07, 6.45) is 2.52. The van der Waals surface area contributed by atoms with Crippen LogP contribution in [0.1, 0.15) is 23.4 Å². The molecule has 5 heteroatoms. The highest BCUT2D eigenvalue weighted by Gasteiger charge is 2.21. The normalized spacial score (nSPS) is 14.3. The van der Waals surface area contributed by atoms with Crippen LogP contribution < -0.4 is 4.74 Å². The molecular weight excluding hydrogens is 246 g/mol. The first-order valence-electron chi connectivity index (χ1n) is 6.15. The van der Waals surface area contributed by atoms with E-state index < -0.39 is 5.97 Å². The number of aromatic nitrogens is 1. The Morgan fingerprint density at radius 1 is 1.37 bits per heavy atom. The molecule has 1 aromatic carbocycles. The Kier molecular flexibility index (Phi) is 2.95. The molecule has 0 atom stereocenters. The Morgan fingerprint density at radius 2 is 2.11 bits per heavy atom. The predicted octanol–water partition coefficient (Wildman–Crippen LogP) is 2.83. The van der Waals surface area contributed by atoms with Crippen molar-refractivity contribution in [2.24, 2.45) is 5.92 Å². The summed E-state index contributed by atoms with van der Waals surface area (Å²) >= 11 is 0. The molecule has 1 fully saturated rings. The van der Waals surface area contributed by atoms with Crippen LogP contribution >= 0.6 is 0 Å². The zero-order valence-electron chi connectivity index (χ0n) is 10.2. The van der Waals surface area contributed by atoms with Gasteiger partial charge in [0.2, 0.25) is 5.76 Å². The van der Waals surface area contributed by atoms with E-state index in [1.165, 1.54) is 18.9 Å². The second-order valence-corrected chi connectivity index (χ2v) is 4.66. The van der Waals surface area contributed by atoms with E-state index in [0.29, 0.717) is 11.6 Å². The molecule has 0 unspecified atom stereocenters. The molecule has 1 saturated carbocycles. The van der Waals surface area contributed by atoms with Crippen LogP contribution in [0.2, 0.25) is 0 Å². The molecule has 1 heterocycles. The zero-order valence-corrected chi connectivity index (χ0v) is 10.2. The number of carbonyl (C=O) groups is 1. The van der Waals surface area contributed by atoms with Crippen molar-refractivity contribution in [3.8, 4) is 17.0 Å². The Balaban J connectivity index is 1.71. The quantitative estimate of drug-likeness (QED) is 0.893. The van der Waals surface area contributed by atoms with Gasteiger partial charge in [0, 0.05) is 11.6 Å². The summed E-state index contributed by atoms with van der Waals surface area (Å²) in [5.74, 6) is 0.248. The standard InChI is InChI=1S/C14H13NO4/c16-14(17)13-7-12(15-19-13)10-3-5-11(6-4-10)18-8-9-1-2-9/h3-7,9H,1-2,8H2,(H,16,17). The number of benzene rings is 1. The third-order valence-electron chi connectivity index (χ3n) is 3.05. The van der Waals surface area contributed by atoms with Gasteiger partial charge in [-0.1, -0.05) is 5.16 Å². The summed E-state index contributed by atoms with van der Waals surface area (Å²) in [5, 5.41) is 12.5. The van der Waals surface area contributed by atoms with Gasteiger partial charge in [-0.05, 0) is 43.0 Å². The van der Waals surface area contributed by atoms with Gasteiger partial charge in [0.05, 0.1) is 6.61 Å². The number of rotatable bonds is 5. The third-order valence-corrected chi connectivity index (χ3v) is 3.05. The minimum Gasteiger partial charge on any atom is -0.493 e. The fourth-order valence-corrected chi connectivity index (χ4v) is 1.73. The lowest BCUT2D eigenvalue weighted by atomic mass is 10.1. The van der Waals surface area contributed by atoms with Crippen LogP contribution in [0.5, 0.6) is 5.75 Å². The number of hydrogen-bond acceptors (Lipinski definition) is 4. The molecule has 5 nitrogen and oxygen atoms in total. The number of carboxylic acids is 1. The number of aromatic carboxylic acids is 1. The Bertz CT molecular complexity index is 584. The van der Waals surface area contributed by atoms with Crippen molar-refractivity contribution >= 4 is 5.97 Å². The zero-order chi connectivity index (χ0) is 13.2. The summed E-state index contributed by atoms with van der Waals surface area (Å²) in [7, 11) is 0. The molecule has 2 aromatic rings.